The van der Waals surface area contributed by atoms with Gasteiger partial charge in [0.1, 0.15) is 0 Å². The van der Waals surface area contributed by atoms with Crippen molar-refractivity contribution in [2.24, 2.45) is 17.8 Å². The van der Waals surface area contributed by atoms with Crippen molar-refractivity contribution >= 4 is 0 Å². The van der Waals surface area contributed by atoms with E-state index in [9.17, 15) is 0 Å². The van der Waals surface area contributed by atoms with Crippen LogP contribution in [0, 0.1) is 17.8 Å². The average Bonchev–Trinajstić information content (AvgIpc) is 2.39. The Morgan fingerprint density at radius 3 is 2.56 bits per heavy atom. The van der Waals surface area contributed by atoms with Crippen LogP contribution in [0.5, 0.6) is 0 Å². The smallest absolute Gasteiger partial charge is 0.0317 e. The largest absolute Gasteiger partial charge is 0.103 e. The lowest BCUT2D eigenvalue weighted by Gasteiger charge is -1.95. The first-order valence-electron chi connectivity index (χ1n) is 4.04. The molecule has 2 aliphatic carbocycles. The van der Waals surface area contributed by atoms with Gasteiger partial charge in [0, 0.05) is 0 Å². The minimum Gasteiger partial charge on any atom is -0.103 e. The highest BCUT2D eigenvalue weighted by atomic mass is 14.6. The third-order valence-corrected chi connectivity index (χ3v) is 3.02. The van der Waals surface area contributed by atoms with Crippen molar-refractivity contribution in [1.29, 1.82) is 0 Å². The first kappa shape index (κ1) is 5.52. The molecule has 9 heavy (non-hydrogen) atoms. The molecule has 0 aromatic carbocycles. The van der Waals surface area contributed by atoms with Gasteiger partial charge in [0.05, 0.1) is 0 Å². The molecule has 2 atom stereocenters. The molecule has 2 rings (SSSR count). The molecule has 0 radical (unpaired) electrons. The molecule has 2 aliphatic rings. The van der Waals surface area contributed by atoms with Gasteiger partial charge in [-0.1, -0.05) is 12.5 Å². The highest BCUT2D eigenvalue weighted by Gasteiger charge is 2.50. The second-order valence-electron chi connectivity index (χ2n) is 3.45. The maximum Gasteiger partial charge on any atom is -0.0317 e. The molecule has 0 heterocycles. The van der Waals surface area contributed by atoms with Gasteiger partial charge in [-0.25, -0.2) is 0 Å². The molecule has 2 fully saturated rings. The van der Waals surface area contributed by atoms with E-state index < -0.39 is 0 Å². The third kappa shape index (κ3) is 0.726. The Morgan fingerprint density at radius 2 is 2.00 bits per heavy atom. The fraction of sp³-hybridized carbons (Fsp3) is 0.778. The zero-order chi connectivity index (χ0) is 6.27. The molecule has 0 nitrogen and oxygen atoms in total. The number of fused-ring (bicyclic) bond motifs is 1. The summed E-state index contributed by atoms with van der Waals surface area (Å²) >= 11 is 0. The van der Waals surface area contributed by atoms with Gasteiger partial charge in [-0.3, -0.25) is 0 Å². The maximum atomic E-state index is 3.77. The van der Waals surface area contributed by atoms with Crippen molar-refractivity contribution in [3.05, 3.63) is 12.7 Å². The Bertz CT molecular complexity index is 116. The molecule has 0 amide bonds. The van der Waals surface area contributed by atoms with E-state index in [1.54, 1.807) is 0 Å². The predicted molar refractivity (Wildman–Crippen MR) is 39.1 cm³/mol. The van der Waals surface area contributed by atoms with E-state index in [0.29, 0.717) is 0 Å². The molecule has 0 N–H and O–H groups in total. The van der Waals surface area contributed by atoms with Crippen molar-refractivity contribution < 1.29 is 0 Å². The molecule has 0 saturated heterocycles. The van der Waals surface area contributed by atoms with Crippen molar-refractivity contribution in [1.82, 2.24) is 0 Å². The van der Waals surface area contributed by atoms with Gasteiger partial charge in [0.15, 0.2) is 0 Å². The number of allylic oxidation sites excluding steroid dienone is 1. The molecule has 0 aromatic heterocycles. The molecule has 2 unspecified atom stereocenters. The van der Waals surface area contributed by atoms with Crippen LogP contribution in [0.1, 0.15) is 25.7 Å². The van der Waals surface area contributed by atoms with E-state index in [2.05, 4.69) is 12.7 Å². The van der Waals surface area contributed by atoms with Crippen LogP contribution in [0.25, 0.3) is 0 Å². The Balaban J connectivity index is 1.87. The second kappa shape index (κ2) is 1.86. The normalized spacial score (nSPS) is 46.4. The van der Waals surface area contributed by atoms with Crippen LogP contribution in [-0.4, -0.2) is 0 Å². The lowest BCUT2D eigenvalue weighted by Crippen LogP contribution is -1.83. The van der Waals surface area contributed by atoms with Crippen LogP contribution in [0.4, 0.5) is 0 Å². The van der Waals surface area contributed by atoms with E-state index in [4.69, 9.17) is 0 Å². The zero-order valence-electron chi connectivity index (χ0n) is 5.84. The summed E-state index contributed by atoms with van der Waals surface area (Å²) in [5.74, 6) is 3.32. The van der Waals surface area contributed by atoms with Crippen LogP contribution in [0.2, 0.25) is 0 Å². The van der Waals surface area contributed by atoms with Crippen molar-refractivity contribution in [3.8, 4) is 0 Å². The summed E-state index contributed by atoms with van der Waals surface area (Å²) in [6.45, 7) is 3.77. The fourth-order valence-corrected chi connectivity index (χ4v) is 2.51. The lowest BCUT2D eigenvalue weighted by atomic mass is 10.1. The third-order valence-electron chi connectivity index (χ3n) is 3.02. The first-order valence-corrected chi connectivity index (χ1v) is 4.04. The Morgan fingerprint density at radius 1 is 1.33 bits per heavy atom. The zero-order valence-corrected chi connectivity index (χ0v) is 5.84. The molecule has 2 saturated carbocycles. The molecule has 0 aliphatic heterocycles. The van der Waals surface area contributed by atoms with Crippen LogP contribution >= 0.6 is 0 Å². The van der Waals surface area contributed by atoms with Gasteiger partial charge < -0.3 is 0 Å². The molecule has 0 spiro atoms. The highest BCUT2D eigenvalue weighted by Crippen LogP contribution is 2.58. The number of hydrogen-bond donors (Lipinski definition) is 0. The van der Waals surface area contributed by atoms with Crippen LogP contribution in [-0.2, 0) is 0 Å². The summed E-state index contributed by atoms with van der Waals surface area (Å²) in [7, 11) is 0. The highest BCUT2D eigenvalue weighted by molar-refractivity contribution is 5.02. The molecular weight excluding hydrogens is 108 g/mol. The lowest BCUT2D eigenvalue weighted by molar-refractivity contribution is 0.595. The van der Waals surface area contributed by atoms with Crippen molar-refractivity contribution in [2.75, 3.05) is 0 Å². The molecule has 0 aromatic rings. The number of rotatable bonds is 2. The molecule has 0 heteroatoms. The minimum absolute atomic E-state index is 1.07. The average molecular weight is 122 g/mol. The Hall–Kier alpha value is -0.260. The summed E-state index contributed by atoms with van der Waals surface area (Å²) in [6.07, 6.45) is 7.91. The van der Waals surface area contributed by atoms with E-state index in [0.717, 1.165) is 17.8 Å². The summed E-state index contributed by atoms with van der Waals surface area (Å²) in [4.78, 5) is 0. The quantitative estimate of drug-likeness (QED) is 0.494. The monoisotopic (exact) mass is 122 g/mol. The molecular formula is C9H14. The van der Waals surface area contributed by atoms with Crippen LogP contribution in [0.3, 0.4) is 0 Å². The summed E-state index contributed by atoms with van der Waals surface area (Å²) < 4.78 is 0. The van der Waals surface area contributed by atoms with Crippen molar-refractivity contribution in [2.45, 2.75) is 25.7 Å². The number of hydrogen-bond acceptors (Lipinski definition) is 0. The molecule has 50 valence electrons. The predicted octanol–water partition coefficient (Wildman–Crippen LogP) is 2.61. The van der Waals surface area contributed by atoms with Gasteiger partial charge in [-0.2, -0.15) is 0 Å². The van der Waals surface area contributed by atoms with Crippen molar-refractivity contribution in [3.63, 3.8) is 0 Å². The Kier molecular flexibility index (Phi) is 1.14. The SMILES string of the molecule is C=CCC1C2CCCC12. The topological polar surface area (TPSA) is 0 Å². The van der Waals surface area contributed by atoms with E-state index in [1.165, 1.54) is 25.7 Å². The van der Waals surface area contributed by atoms with Gasteiger partial charge in [0.2, 0.25) is 0 Å². The van der Waals surface area contributed by atoms with Crippen LogP contribution < -0.4 is 0 Å². The van der Waals surface area contributed by atoms with E-state index in [-0.39, 0.29) is 0 Å². The maximum absolute atomic E-state index is 3.77. The van der Waals surface area contributed by atoms with E-state index in [1.807, 2.05) is 0 Å². The standard InChI is InChI=1S/C9H14/c1-2-4-7-8-5-3-6-9(7)8/h2,7-9H,1,3-6H2. The Labute approximate surface area is 57.0 Å². The fourth-order valence-electron chi connectivity index (χ4n) is 2.51. The first-order chi connectivity index (χ1) is 4.43. The second-order valence-corrected chi connectivity index (χ2v) is 3.45. The van der Waals surface area contributed by atoms with Gasteiger partial charge >= 0.3 is 0 Å². The summed E-state index contributed by atoms with van der Waals surface area (Å²) in [6, 6.07) is 0. The van der Waals surface area contributed by atoms with Gasteiger partial charge in [0.25, 0.3) is 0 Å². The van der Waals surface area contributed by atoms with Gasteiger partial charge in [-0.05, 0) is 37.0 Å². The summed E-state index contributed by atoms with van der Waals surface area (Å²) in [5, 5.41) is 0. The summed E-state index contributed by atoms with van der Waals surface area (Å²) in [5.41, 5.74) is 0. The minimum atomic E-state index is 1.07. The van der Waals surface area contributed by atoms with E-state index >= 15 is 0 Å². The molecule has 0 bridgehead atoms. The van der Waals surface area contributed by atoms with Gasteiger partial charge in [-0.15, -0.1) is 6.58 Å². The van der Waals surface area contributed by atoms with Crippen LogP contribution in [0.15, 0.2) is 12.7 Å².